The van der Waals surface area contributed by atoms with E-state index in [4.69, 9.17) is 4.42 Å². The predicted molar refractivity (Wildman–Crippen MR) is 274 cm³/mol. The molecule has 0 saturated heterocycles. The van der Waals surface area contributed by atoms with Gasteiger partial charge in [-0.15, -0.1) is 0 Å². The Balaban J connectivity index is 1.16. The Morgan fingerprint density at radius 1 is 0.262 bits per heavy atom. The lowest BCUT2D eigenvalue weighted by atomic mass is 9.98. The van der Waals surface area contributed by atoms with E-state index in [9.17, 15) is 0 Å². The van der Waals surface area contributed by atoms with Gasteiger partial charge in [-0.1, -0.05) is 188 Å². The molecule has 65 heavy (non-hydrogen) atoms. The maximum atomic E-state index is 7.17. The molecule has 0 bridgehead atoms. The molecule has 306 valence electrons. The Morgan fingerprint density at radius 2 is 0.754 bits per heavy atom. The van der Waals surface area contributed by atoms with Crippen molar-refractivity contribution >= 4 is 77.6 Å². The highest BCUT2D eigenvalue weighted by molar-refractivity contribution is 6.16. The molecule has 0 fully saturated rings. The summed E-state index contributed by atoms with van der Waals surface area (Å²) >= 11 is 0. The summed E-state index contributed by atoms with van der Waals surface area (Å²) in [5.74, 6) is 0. The van der Waals surface area contributed by atoms with E-state index < -0.39 is 0 Å². The number of rotatable bonds is 9. The van der Waals surface area contributed by atoms with E-state index in [1.54, 1.807) is 0 Å². The number of fused-ring (bicyclic) bond motifs is 5. The van der Waals surface area contributed by atoms with Crippen molar-refractivity contribution in [2.24, 2.45) is 0 Å². The van der Waals surface area contributed by atoms with Gasteiger partial charge in [-0.25, -0.2) is 0 Å². The minimum atomic E-state index is 0.810. The van der Waals surface area contributed by atoms with Crippen LogP contribution in [0.2, 0.25) is 0 Å². The summed E-state index contributed by atoms with van der Waals surface area (Å²) < 4.78 is 7.17. The average Bonchev–Trinajstić information content (AvgIpc) is 3.74. The second-order valence-corrected chi connectivity index (χ2v) is 16.5. The number of nitrogens with zero attached hydrogens (tertiary/aromatic N) is 2. The number of hydrogen-bond donors (Lipinski definition) is 0. The summed E-state index contributed by atoms with van der Waals surface area (Å²) in [6, 6.07) is 91.4. The molecule has 12 aromatic rings. The van der Waals surface area contributed by atoms with Crippen molar-refractivity contribution in [2.45, 2.75) is 0 Å². The van der Waals surface area contributed by atoms with Gasteiger partial charge in [-0.05, 0) is 111 Å². The van der Waals surface area contributed by atoms with Crippen molar-refractivity contribution in [2.75, 3.05) is 9.80 Å². The average molecular weight is 831 g/mol. The van der Waals surface area contributed by atoms with Crippen LogP contribution in [0.25, 0.3) is 76.9 Å². The zero-order valence-corrected chi connectivity index (χ0v) is 35.6. The molecule has 0 atom stereocenters. The lowest BCUT2D eigenvalue weighted by Crippen LogP contribution is -2.14. The first-order valence-corrected chi connectivity index (χ1v) is 22.2. The molecular weight excluding hydrogens is 789 g/mol. The standard InChI is InChI=1S/C62H42N2O/c1-4-18-43(19-5-1)45-34-36-52(37-35-45)64(59-31-17-14-28-54(59)46-21-6-2-7-22-46)60-42-53(41-57-56-39-48-24-12-13-25-49(48)40-61(56)65-62(57)60)63(51-26-8-3-9-27-51)58-30-16-15-29-55(58)50-33-32-44-20-10-11-23-47(44)38-50/h1-42H. The maximum Gasteiger partial charge on any atom is 0.159 e. The number of hydrogen-bond acceptors (Lipinski definition) is 3. The van der Waals surface area contributed by atoms with E-state index in [1.165, 1.54) is 21.7 Å². The number of anilines is 6. The zero-order chi connectivity index (χ0) is 43.1. The molecule has 0 N–H and O–H groups in total. The van der Waals surface area contributed by atoms with Crippen molar-refractivity contribution in [1.29, 1.82) is 0 Å². The molecule has 0 aliphatic rings. The molecule has 3 heteroatoms. The van der Waals surface area contributed by atoms with Crippen molar-refractivity contribution in [3.05, 3.63) is 255 Å². The van der Waals surface area contributed by atoms with Crippen molar-refractivity contribution in [1.82, 2.24) is 0 Å². The van der Waals surface area contributed by atoms with E-state index in [1.807, 2.05) is 0 Å². The van der Waals surface area contributed by atoms with E-state index in [2.05, 4.69) is 265 Å². The minimum absolute atomic E-state index is 0.810. The Morgan fingerprint density at radius 3 is 1.45 bits per heavy atom. The van der Waals surface area contributed by atoms with E-state index in [0.717, 1.165) is 89.3 Å². The Bertz CT molecular complexity index is 3650. The molecule has 12 rings (SSSR count). The summed E-state index contributed by atoms with van der Waals surface area (Å²) in [4.78, 5) is 4.80. The molecule has 0 aliphatic heterocycles. The monoisotopic (exact) mass is 830 g/mol. The summed E-state index contributed by atoms with van der Waals surface area (Å²) in [6.45, 7) is 0. The van der Waals surface area contributed by atoms with Crippen LogP contribution in [0.1, 0.15) is 0 Å². The van der Waals surface area contributed by atoms with Crippen LogP contribution in [0.15, 0.2) is 259 Å². The number of furan rings is 1. The topological polar surface area (TPSA) is 19.6 Å². The molecule has 1 heterocycles. The molecule has 0 unspecified atom stereocenters. The van der Waals surface area contributed by atoms with E-state index in [-0.39, 0.29) is 0 Å². The third-order valence-corrected chi connectivity index (χ3v) is 12.6. The number of para-hydroxylation sites is 3. The highest BCUT2D eigenvalue weighted by Gasteiger charge is 2.26. The molecule has 0 saturated carbocycles. The first-order valence-electron chi connectivity index (χ1n) is 22.2. The van der Waals surface area contributed by atoms with Crippen LogP contribution < -0.4 is 9.80 Å². The lowest BCUT2D eigenvalue weighted by Gasteiger charge is -2.31. The van der Waals surface area contributed by atoms with E-state index in [0.29, 0.717) is 0 Å². The quantitative estimate of drug-likeness (QED) is 0.144. The maximum absolute atomic E-state index is 7.17. The minimum Gasteiger partial charge on any atom is -0.454 e. The van der Waals surface area contributed by atoms with Gasteiger partial charge < -0.3 is 14.2 Å². The SMILES string of the molecule is c1ccc(-c2ccc(N(c3ccccc3-c3ccccc3)c3cc(N(c4ccccc4)c4ccccc4-c4ccc5ccccc5c4)cc4c3oc3cc5ccccc5cc34)cc2)cc1. The predicted octanol–water partition coefficient (Wildman–Crippen LogP) is 17.8. The Labute approximate surface area is 378 Å². The second kappa shape index (κ2) is 16.2. The van der Waals surface area contributed by atoms with Crippen molar-refractivity contribution in [3.8, 4) is 33.4 Å². The second-order valence-electron chi connectivity index (χ2n) is 16.5. The number of benzene rings is 11. The molecule has 11 aromatic carbocycles. The Hall–Kier alpha value is -8.66. The van der Waals surface area contributed by atoms with Crippen LogP contribution in [-0.4, -0.2) is 0 Å². The molecule has 1 aromatic heterocycles. The van der Waals surface area contributed by atoms with Crippen LogP contribution >= 0.6 is 0 Å². The van der Waals surface area contributed by atoms with E-state index >= 15 is 0 Å². The van der Waals surface area contributed by atoms with Gasteiger partial charge >= 0.3 is 0 Å². The fraction of sp³-hybridized carbons (Fsp3) is 0. The highest BCUT2D eigenvalue weighted by atomic mass is 16.3. The molecule has 0 spiro atoms. The van der Waals surface area contributed by atoms with Gasteiger partial charge in [0.1, 0.15) is 5.58 Å². The van der Waals surface area contributed by atoms with Crippen molar-refractivity contribution in [3.63, 3.8) is 0 Å². The Kier molecular flexibility index (Phi) is 9.50. The fourth-order valence-electron chi connectivity index (χ4n) is 9.47. The molecule has 0 amide bonds. The van der Waals surface area contributed by atoms with Crippen LogP contribution in [0.4, 0.5) is 34.1 Å². The fourth-order valence-corrected chi connectivity index (χ4v) is 9.47. The molecule has 0 aliphatic carbocycles. The van der Waals surface area contributed by atoms with Crippen LogP contribution in [-0.2, 0) is 0 Å². The van der Waals surface area contributed by atoms with Crippen LogP contribution in [0, 0.1) is 0 Å². The van der Waals surface area contributed by atoms with Gasteiger partial charge in [0.05, 0.1) is 17.1 Å². The summed E-state index contributed by atoms with van der Waals surface area (Å²) in [5, 5.41) is 6.82. The lowest BCUT2D eigenvalue weighted by molar-refractivity contribution is 0.669. The van der Waals surface area contributed by atoms with Gasteiger partial charge in [-0.2, -0.15) is 0 Å². The van der Waals surface area contributed by atoms with Crippen LogP contribution in [0.5, 0.6) is 0 Å². The molecular formula is C62H42N2O. The third-order valence-electron chi connectivity index (χ3n) is 12.6. The van der Waals surface area contributed by atoms with Crippen molar-refractivity contribution < 1.29 is 4.42 Å². The van der Waals surface area contributed by atoms with Gasteiger partial charge in [0.2, 0.25) is 0 Å². The van der Waals surface area contributed by atoms with Gasteiger partial charge in [0.15, 0.2) is 5.58 Å². The summed E-state index contributed by atoms with van der Waals surface area (Å²) in [6.07, 6.45) is 0. The first kappa shape index (κ1) is 38.0. The largest absolute Gasteiger partial charge is 0.454 e. The summed E-state index contributed by atoms with van der Waals surface area (Å²) in [7, 11) is 0. The molecule has 3 nitrogen and oxygen atoms in total. The van der Waals surface area contributed by atoms with Crippen LogP contribution in [0.3, 0.4) is 0 Å². The normalized spacial score (nSPS) is 11.4. The smallest absolute Gasteiger partial charge is 0.159 e. The van der Waals surface area contributed by atoms with Gasteiger partial charge in [-0.3, -0.25) is 0 Å². The highest BCUT2D eigenvalue weighted by Crippen LogP contribution is 2.50. The van der Waals surface area contributed by atoms with Gasteiger partial charge in [0.25, 0.3) is 0 Å². The third kappa shape index (κ3) is 6.97. The zero-order valence-electron chi connectivity index (χ0n) is 35.6. The molecule has 0 radical (unpaired) electrons. The van der Waals surface area contributed by atoms with Gasteiger partial charge in [0, 0.05) is 39.0 Å². The first-order chi connectivity index (χ1) is 32.2. The summed E-state index contributed by atoms with van der Waals surface area (Å²) in [5.41, 5.74) is 14.6.